The lowest BCUT2D eigenvalue weighted by atomic mass is 10.2. The van der Waals surface area contributed by atoms with Crippen molar-refractivity contribution in [3.05, 3.63) is 47.8 Å². The number of carbonyl (C=O) groups is 2. The number of aryl methyl sites for hydroxylation is 1. The van der Waals surface area contributed by atoms with E-state index in [4.69, 9.17) is 4.74 Å². The van der Waals surface area contributed by atoms with Gasteiger partial charge in [0.05, 0.1) is 6.61 Å². The molecule has 0 unspecified atom stereocenters. The van der Waals surface area contributed by atoms with Gasteiger partial charge in [-0.05, 0) is 38.1 Å². The van der Waals surface area contributed by atoms with Crippen molar-refractivity contribution in [2.24, 2.45) is 0 Å². The van der Waals surface area contributed by atoms with E-state index in [1.54, 1.807) is 31.3 Å². The summed E-state index contributed by atoms with van der Waals surface area (Å²) in [7, 11) is 0. The molecule has 7 nitrogen and oxygen atoms in total. The second-order valence-electron chi connectivity index (χ2n) is 5.01. The Labute approximate surface area is 140 Å². The van der Waals surface area contributed by atoms with Crippen LogP contribution in [0.1, 0.15) is 29.4 Å². The van der Waals surface area contributed by atoms with E-state index >= 15 is 0 Å². The second-order valence-corrected chi connectivity index (χ2v) is 5.01. The smallest absolute Gasteiger partial charge is 0.341 e. The zero-order chi connectivity index (χ0) is 17.4. The summed E-state index contributed by atoms with van der Waals surface area (Å²) in [6, 6.07) is 8.71. The van der Waals surface area contributed by atoms with Crippen molar-refractivity contribution in [2.45, 2.75) is 20.3 Å². The van der Waals surface area contributed by atoms with Crippen LogP contribution in [0.25, 0.3) is 0 Å². The first-order valence-electron chi connectivity index (χ1n) is 7.69. The number of carbonyl (C=O) groups excluding carboxylic acids is 2. The van der Waals surface area contributed by atoms with Crippen LogP contribution < -0.4 is 10.6 Å². The summed E-state index contributed by atoms with van der Waals surface area (Å²) in [5.41, 5.74) is 1.18. The minimum Gasteiger partial charge on any atom is -0.462 e. The van der Waals surface area contributed by atoms with Gasteiger partial charge in [-0.1, -0.05) is 6.07 Å². The maximum atomic E-state index is 11.9. The summed E-state index contributed by atoms with van der Waals surface area (Å²) >= 11 is 0. The predicted molar refractivity (Wildman–Crippen MR) is 90.9 cm³/mol. The predicted octanol–water partition coefficient (Wildman–Crippen LogP) is 2.40. The molecule has 2 aromatic rings. The molecule has 0 aliphatic rings. The Morgan fingerprint density at radius 2 is 2.04 bits per heavy atom. The van der Waals surface area contributed by atoms with Crippen molar-refractivity contribution in [1.82, 2.24) is 9.97 Å². The molecular formula is C17H20N4O3. The number of rotatable bonds is 7. The fourth-order valence-corrected chi connectivity index (χ4v) is 2.03. The number of ether oxygens (including phenoxy) is 1. The van der Waals surface area contributed by atoms with Crippen molar-refractivity contribution >= 4 is 23.5 Å². The number of aromatic nitrogens is 2. The Balaban J connectivity index is 1.88. The zero-order valence-corrected chi connectivity index (χ0v) is 13.7. The van der Waals surface area contributed by atoms with Gasteiger partial charge in [0, 0.05) is 24.9 Å². The van der Waals surface area contributed by atoms with Crippen LogP contribution in [0, 0.1) is 6.92 Å². The molecule has 0 aromatic carbocycles. The van der Waals surface area contributed by atoms with Gasteiger partial charge in [-0.3, -0.25) is 4.79 Å². The molecule has 24 heavy (non-hydrogen) atoms. The first-order valence-corrected chi connectivity index (χ1v) is 7.69. The topological polar surface area (TPSA) is 93.2 Å². The van der Waals surface area contributed by atoms with E-state index < -0.39 is 5.97 Å². The van der Waals surface area contributed by atoms with Gasteiger partial charge in [0.15, 0.2) is 0 Å². The van der Waals surface area contributed by atoms with Gasteiger partial charge in [-0.15, -0.1) is 0 Å². The van der Waals surface area contributed by atoms with E-state index in [1.165, 1.54) is 0 Å². The fraction of sp³-hybridized carbons (Fsp3) is 0.294. The highest BCUT2D eigenvalue weighted by Gasteiger charge is 2.13. The Kier molecular flexibility index (Phi) is 6.24. The minimum absolute atomic E-state index is 0.172. The molecule has 1 amide bonds. The third-order valence-electron chi connectivity index (χ3n) is 3.10. The molecule has 2 aromatic heterocycles. The third-order valence-corrected chi connectivity index (χ3v) is 3.10. The van der Waals surface area contributed by atoms with Gasteiger partial charge in [0.1, 0.15) is 17.2 Å². The van der Waals surface area contributed by atoms with Gasteiger partial charge in [-0.25, -0.2) is 14.8 Å². The molecule has 2 N–H and O–H groups in total. The van der Waals surface area contributed by atoms with Crippen molar-refractivity contribution < 1.29 is 14.3 Å². The van der Waals surface area contributed by atoms with Crippen LogP contribution in [0.2, 0.25) is 0 Å². The molecule has 0 radical (unpaired) electrons. The van der Waals surface area contributed by atoms with Gasteiger partial charge in [0.2, 0.25) is 5.91 Å². The average molecular weight is 328 g/mol. The van der Waals surface area contributed by atoms with Crippen LogP contribution in [0.4, 0.5) is 11.6 Å². The molecule has 0 saturated carbocycles. The number of esters is 1. The molecule has 0 aliphatic carbocycles. The van der Waals surface area contributed by atoms with Crippen molar-refractivity contribution in [3.8, 4) is 0 Å². The highest BCUT2D eigenvalue weighted by molar-refractivity contribution is 5.94. The van der Waals surface area contributed by atoms with Gasteiger partial charge >= 0.3 is 5.97 Å². The van der Waals surface area contributed by atoms with Crippen LogP contribution in [-0.2, 0) is 9.53 Å². The third kappa shape index (κ3) is 5.05. The van der Waals surface area contributed by atoms with E-state index in [2.05, 4.69) is 20.6 Å². The van der Waals surface area contributed by atoms with Gasteiger partial charge < -0.3 is 15.4 Å². The summed E-state index contributed by atoms with van der Waals surface area (Å²) in [5.74, 6) is 0.304. The number of hydrogen-bond donors (Lipinski definition) is 2. The lowest BCUT2D eigenvalue weighted by Crippen LogP contribution is -2.18. The Morgan fingerprint density at radius 1 is 1.21 bits per heavy atom. The number of anilines is 2. The fourth-order valence-electron chi connectivity index (χ4n) is 2.03. The molecule has 0 bridgehead atoms. The van der Waals surface area contributed by atoms with Crippen LogP contribution in [0.3, 0.4) is 0 Å². The van der Waals surface area contributed by atoms with E-state index in [0.29, 0.717) is 30.4 Å². The van der Waals surface area contributed by atoms with E-state index in [0.717, 1.165) is 5.69 Å². The van der Waals surface area contributed by atoms with Crippen molar-refractivity contribution in [1.29, 1.82) is 0 Å². The van der Waals surface area contributed by atoms with Gasteiger partial charge in [0.25, 0.3) is 0 Å². The van der Waals surface area contributed by atoms with Crippen molar-refractivity contribution in [2.75, 3.05) is 23.8 Å². The monoisotopic (exact) mass is 328 g/mol. The van der Waals surface area contributed by atoms with Crippen LogP contribution in [-0.4, -0.2) is 35.0 Å². The first-order chi connectivity index (χ1) is 11.6. The van der Waals surface area contributed by atoms with E-state index in [9.17, 15) is 9.59 Å². The lowest BCUT2D eigenvalue weighted by Gasteiger charge is -2.10. The number of nitrogens with one attached hydrogen (secondary N) is 2. The molecule has 0 spiro atoms. The SMILES string of the molecule is CCOC(=O)c1cccnc1NCCC(=O)Nc1cccc(C)n1. The normalized spacial score (nSPS) is 10.1. The Bertz CT molecular complexity index is 718. The number of amides is 1. The highest BCUT2D eigenvalue weighted by atomic mass is 16.5. The van der Waals surface area contributed by atoms with E-state index in [1.807, 2.05) is 19.1 Å². The molecule has 0 saturated heterocycles. The zero-order valence-electron chi connectivity index (χ0n) is 13.7. The molecule has 126 valence electrons. The first kappa shape index (κ1) is 17.4. The van der Waals surface area contributed by atoms with Gasteiger partial charge in [-0.2, -0.15) is 0 Å². The molecule has 0 aliphatic heterocycles. The number of pyridine rings is 2. The molecule has 7 heteroatoms. The highest BCUT2D eigenvalue weighted by Crippen LogP contribution is 2.13. The molecular weight excluding hydrogens is 308 g/mol. The second kappa shape index (κ2) is 8.61. The van der Waals surface area contributed by atoms with Crippen LogP contribution in [0.5, 0.6) is 0 Å². The summed E-state index contributed by atoms with van der Waals surface area (Å²) in [5, 5.41) is 5.71. The maximum absolute atomic E-state index is 11.9. The molecule has 0 fully saturated rings. The average Bonchev–Trinajstić information content (AvgIpc) is 2.55. The summed E-state index contributed by atoms with van der Waals surface area (Å²) in [6.45, 7) is 4.22. The Hall–Kier alpha value is -2.96. The molecule has 0 atom stereocenters. The summed E-state index contributed by atoms with van der Waals surface area (Å²) in [4.78, 5) is 32.1. The molecule has 2 heterocycles. The minimum atomic E-state index is -0.443. The van der Waals surface area contributed by atoms with Crippen LogP contribution in [0.15, 0.2) is 36.5 Å². The standard InChI is InChI=1S/C17H20N4O3/c1-3-24-17(23)13-7-5-10-18-16(13)19-11-9-15(22)21-14-8-4-6-12(2)20-14/h4-8,10H,3,9,11H2,1-2H3,(H,18,19)(H,20,21,22). The van der Waals surface area contributed by atoms with Crippen LogP contribution >= 0.6 is 0 Å². The van der Waals surface area contributed by atoms with Crippen molar-refractivity contribution in [3.63, 3.8) is 0 Å². The quantitative estimate of drug-likeness (QED) is 0.758. The largest absolute Gasteiger partial charge is 0.462 e. The number of hydrogen-bond acceptors (Lipinski definition) is 6. The molecule has 2 rings (SSSR count). The number of nitrogens with zero attached hydrogens (tertiary/aromatic N) is 2. The maximum Gasteiger partial charge on any atom is 0.341 e. The summed E-state index contributed by atoms with van der Waals surface area (Å²) < 4.78 is 4.98. The lowest BCUT2D eigenvalue weighted by molar-refractivity contribution is -0.116. The summed E-state index contributed by atoms with van der Waals surface area (Å²) in [6.07, 6.45) is 1.79. The Morgan fingerprint density at radius 3 is 2.79 bits per heavy atom. The van der Waals surface area contributed by atoms with E-state index in [-0.39, 0.29) is 12.3 Å².